The molecule has 0 aliphatic carbocycles. The maximum absolute atomic E-state index is 12.7. The average molecular weight is 365 g/mol. The Labute approximate surface area is 155 Å². The average Bonchev–Trinajstić information content (AvgIpc) is 3.34. The molecule has 2 amide bonds. The van der Waals surface area contributed by atoms with Gasteiger partial charge in [0.1, 0.15) is 5.82 Å². The standard InChI is InChI=1S/C19H19N5O3/c25-19(20-14-6-7-15-16(10-14)27-12-26-15)23-8-3-4-13(11-23)18-22-21-17-5-1-2-9-24(17)18/h1-2,5-7,9-10,13H,3-4,8,11-12H2,(H,20,25)/t13-/m0/s1. The summed E-state index contributed by atoms with van der Waals surface area (Å²) >= 11 is 0. The summed E-state index contributed by atoms with van der Waals surface area (Å²) < 4.78 is 12.7. The van der Waals surface area contributed by atoms with Crippen LogP contribution in [0.15, 0.2) is 42.6 Å². The predicted octanol–water partition coefficient (Wildman–Crippen LogP) is 2.87. The van der Waals surface area contributed by atoms with Gasteiger partial charge in [-0.25, -0.2) is 4.79 Å². The van der Waals surface area contributed by atoms with Crippen LogP contribution in [-0.2, 0) is 0 Å². The number of hydrogen-bond donors (Lipinski definition) is 1. The van der Waals surface area contributed by atoms with Crippen LogP contribution in [0.25, 0.3) is 5.65 Å². The number of anilines is 1. The lowest BCUT2D eigenvalue weighted by Crippen LogP contribution is -2.42. The number of hydrogen-bond acceptors (Lipinski definition) is 5. The lowest BCUT2D eigenvalue weighted by Gasteiger charge is -2.32. The Hall–Kier alpha value is -3.29. The number of benzene rings is 1. The fourth-order valence-electron chi connectivity index (χ4n) is 3.69. The minimum Gasteiger partial charge on any atom is -0.454 e. The molecule has 3 aromatic rings. The molecule has 4 heterocycles. The number of nitrogens with one attached hydrogen (secondary N) is 1. The van der Waals surface area contributed by atoms with Gasteiger partial charge in [-0.3, -0.25) is 4.40 Å². The number of amides is 2. The monoisotopic (exact) mass is 365 g/mol. The van der Waals surface area contributed by atoms with Crippen molar-refractivity contribution in [2.75, 3.05) is 25.2 Å². The second kappa shape index (κ2) is 6.46. The molecule has 27 heavy (non-hydrogen) atoms. The zero-order valence-electron chi connectivity index (χ0n) is 14.7. The molecule has 1 fully saturated rings. The summed E-state index contributed by atoms with van der Waals surface area (Å²) in [6.07, 6.45) is 3.89. The van der Waals surface area contributed by atoms with Crippen LogP contribution in [0.3, 0.4) is 0 Å². The van der Waals surface area contributed by atoms with Crippen LogP contribution >= 0.6 is 0 Å². The number of nitrogens with zero attached hydrogens (tertiary/aromatic N) is 4. The Morgan fingerprint density at radius 1 is 1.15 bits per heavy atom. The van der Waals surface area contributed by atoms with Gasteiger partial charge in [0.15, 0.2) is 17.1 Å². The van der Waals surface area contributed by atoms with E-state index in [1.807, 2.05) is 39.8 Å². The van der Waals surface area contributed by atoms with E-state index in [0.29, 0.717) is 23.7 Å². The first-order chi connectivity index (χ1) is 13.3. The Balaban J connectivity index is 1.31. The van der Waals surface area contributed by atoms with Gasteiger partial charge in [0.05, 0.1) is 0 Å². The summed E-state index contributed by atoms with van der Waals surface area (Å²) in [6.45, 7) is 1.56. The summed E-state index contributed by atoms with van der Waals surface area (Å²) in [5.41, 5.74) is 1.52. The van der Waals surface area contributed by atoms with Crippen molar-refractivity contribution >= 4 is 17.4 Å². The molecule has 2 aliphatic rings. The number of likely N-dealkylation sites (tertiary alicyclic amines) is 1. The highest BCUT2D eigenvalue weighted by Gasteiger charge is 2.28. The molecule has 2 aromatic heterocycles. The van der Waals surface area contributed by atoms with Gasteiger partial charge in [0.25, 0.3) is 0 Å². The number of pyridine rings is 1. The largest absolute Gasteiger partial charge is 0.454 e. The Morgan fingerprint density at radius 3 is 3.04 bits per heavy atom. The summed E-state index contributed by atoms with van der Waals surface area (Å²) in [7, 11) is 0. The zero-order chi connectivity index (χ0) is 18.2. The van der Waals surface area contributed by atoms with Crippen LogP contribution in [0, 0.1) is 0 Å². The van der Waals surface area contributed by atoms with E-state index < -0.39 is 0 Å². The lowest BCUT2D eigenvalue weighted by molar-refractivity contribution is 0.174. The molecule has 1 atom stereocenters. The SMILES string of the molecule is O=C(Nc1ccc2c(c1)OCO2)N1CCC[C@H](c2nnc3ccccn23)C1. The van der Waals surface area contributed by atoms with Crippen molar-refractivity contribution in [1.82, 2.24) is 19.5 Å². The second-order valence-electron chi connectivity index (χ2n) is 6.77. The molecule has 138 valence electrons. The normalized spacial score (nSPS) is 18.7. The Morgan fingerprint density at radius 2 is 2.07 bits per heavy atom. The van der Waals surface area contributed by atoms with E-state index in [-0.39, 0.29) is 18.7 Å². The quantitative estimate of drug-likeness (QED) is 0.755. The number of piperidine rings is 1. The van der Waals surface area contributed by atoms with Crippen LogP contribution in [0.2, 0.25) is 0 Å². The van der Waals surface area contributed by atoms with E-state index in [1.165, 1.54) is 0 Å². The van der Waals surface area contributed by atoms with Gasteiger partial charge in [-0.2, -0.15) is 0 Å². The minimum absolute atomic E-state index is 0.118. The smallest absolute Gasteiger partial charge is 0.321 e. The van der Waals surface area contributed by atoms with E-state index in [2.05, 4.69) is 15.5 Å². The molecule has 0 unspecified atom stereocenters. The number of urea groups is 1. The van der Waals surface area contributed by atoms with Crippen molar-refractivity contribution in [3.63, 3.8) is 0 Å². The predicted molar refractivity (Wildman–Crippen MR) is 98.1 cm³/mol. The van der Waals surface area contributed by atoms with Crippen LogP contribution in [0.1, 0.15) is 24.6 Å². The number of fused-ring (bicyclic) bond motifs is 2. The van der Waals surface area contributed by atoms with Crippen LogP contribution in [0.5, 0.6) is 11.5 Å². The van der Waals surface area contributed by atoms with Crippen LogP contribution in [0.4, 0.5) is 10.5 Å². The molecule has 1 N–H and O–H groups in total. The maximum Gasteiger partial charge on any atom is 0.321 e. The molecule has 0 radical (unpaired) electrons. The van der Waals surface area contributed by atoms with E-state index in [1.54, 1.807) is 12.1 Å². The molecular formula is C19H19N5O3. The van der Waals surface area contributed by atoms with Crippen molar-refractivity contribution in [3.05, 3.63) is 48.4 Å². The Kier molecular flexibility index (Phi) is 3.81. The summed E-state index contributed by atoms with van der Waals surface area (Å²) in [4.78, 5) is 14.6. The van der Waals surface area contributed by atoms with Gasteiger partial charge in [-0.1, -0.05) is 6.07 Å². The number of carbonyl (C=O) groups is 1. The van der Waals surface area contributed by atoms with Crippen molar-refractivity contribution < 1.29 is 14.3 Å². The molecular weight excluding hydrogens is 346 g/mol. The van der Waals surface area contributed by atoms with E-state index in [0.717, 1.165) is 30.9 Å². The van der Waals surface area contributed by atoms with E-state index in [4.69, 9.17) is 9.47 Å². The molecule has 1 saturated heterocycles. The first-order valence-electron chi connectivity index (χ1n) is 9.03. The molecule has 1 aromatic carbocycles. The van der Waals surface area contributed by atoms with E-state index >= 15 is 0 Å². The van der Waals surface area contributed by atoms with Crippen molar-refractivity contribution in [2.45, 2.75) is 18.8 Å². The molecule has 0 bridgehead atoms. The van der Waals surface area contributed by atoms with Crippen molar-refractivity contribution in [2.24, 2.45) is 0 Å². The lowest BCUT2D eigenvalue weighted by atomic mass is 9.97. The molecule has 8 nitrogen and oxygen atoms in total. The van der Waals surface area contributed by atoms with Crippen molar-refractivity contribution in [1.29, 1.82) is 0 Å². The number of ether oxygens (including phenoxy) is 2. The van der Waals surface area contributed by atoms with Crippen LogP contribution < -0.4 is 14.8 Å². The minimum atomic E-state index is -0.118. The van der Waals surface area contributed by atoms with Crippen molar-refractivity contribution in [3.8, 4) is 11.5 Å². The van der Waals surface area contributed by atoms with Gasteiger partial charge in [-0.05, 0) is 37.1 Å². The second-order valence-corrected chi connectivity index (χ2v) is 6.77. The van der Waals surface area contributed by atoms with Gasteiger partial charge in [0.2, 0.25) is 6.79 Å². The number of rotatable bonds is 2. The first-order valence-corrected chi connectivity index (χ1v) is 9.03. The summed E-state index contributed by atoms with van der Waals surface area (Å²) in [5.74, 6) is 2.42. The highest BCUT2D eigenvalue weighted by Crippen LogP contribution is 2.34. The van der Waals surface area contributed by atoms with Gasteiger partial charge >= 0.3 is 6.03 Å². The number of carbonyl (C=O) groups excluding carboxylic acids is 1. The topological polar surface area (TPSA) is 81.0 Å². The fourth-order valence-corrected chi connectivity index (χ4v) is 3.69. The molecule has 8 heteroatoms. The summed E-state index contributed by atoms with van der Waals surface area (Å²) in [6, 6.07) is 11.1. The van der Waals surface area contributed by atoms with E-state index in [9.17, 15) is 4.79 Å². The summed E-state index contributed by atoms with van der Waals surface area (Å²) in [5, 5.41) is 11.5. The maximum atomic E-state index is 12.7. The molecule has 2 aliphatic heterocycles. The molecule has 0 spiro atoms. The third-order valence-electron chi connectivity index (χ3n) is 5.04. The van der Waals surface area contributed by atoms with Gasteiger partial charge < -0.3 is 19.7 Å². The zero-order valence-corrected chi connectivity index (χ0v) is 14.7. The fraction of sp³-hybridized carbons (Fsp3) is 0.316. The number of aromatic nitrogens is 3. The molecule has 5 rings (SSSR count). The highest BCUT2D eigenvalue weighted by atomic mass is 16.7. The van der Waals surface area contributed by atoms with Crippen LogP contribution in [-0.4, -0.2) is 45.4 Å². The van der Waals surface area contributed by atoms with Gasteiger partial charge in [-0.15, -0.1) is 10.2 Å². The van der Waals surface area contributed by atoms with Gasteiger partial charge in [0, 0.05) is 37.0 Å². The first kappa shape index (κ1) is 15.9. The third-order valence-corrected chi connectivity index (χ3v) is 5.04. The third kappa shape index (κ3) is 2.92. The molecule has 0 saturated carbocycles. The highest BCUT2D eigenvalue weighted by molar-refractivity contribution is 5.89. The Bertz CT molecular complexity index is 1000.